The van der Waals surface area contributed by atoms with Crippen molar-refractivity contribution in [1.29, 1.82) is 0 Å². The Kier molecular flexibility index (Phi) is 4.16. The van der Waals surface area contributed by atoms with Crippen LogP contribution in [-0.4, -0.2) is 61.4 Å². The van der Waals surface area contributed by atoms with Crippen molar-refractivity contribution < 1.29 is 9.59 Å². The molecule has 1 atom stereocenters. The van der Waals surface area contributed by atoms with Crippen LogP contribution in [0.3, 0.4) is 0 Å². The molecule has 3 rings (SSSR count). The lowest BCUT2D eigenvalue weighted by Crippen LogP contribution is -2.47. The Bertz CT molecular complexity index is 579. The fourth-order valence-corrected chi connectivity index (χ4v) is 3.36. The first kappa shape index (κ1) is 15.0. The van der Waals surface area contributed by atoms with Gasteiger partial charge in [-0.2, -0.15) is 0 Å². The van der Waals surface area contributed by atoms with Crippen molar-refractivity contribution in [3.05, 3.63) is 29.8 Å². The van der Waals surface area contributed by atoms with Crippen molar-refractivity contribution in [2.24, 2.45) is 0 Å². The molecule has 0 spiro atoms. The van der Waals surface area contributed by atoms with Gasteiger partial charge >= 0.3 is 0 Å². The van der Waals surface area contributed by atoms with E-state index in [0.717, 1.165) is 37.4 Å². The molecule has 0 N–H and O–H groups in total. The summed E-state index contributed by atoms with van der Waals surface area (Å²) in [6, 6.07) is 7.94. The number of likely N-dealkylation sites (N-methyl/N-ethyl adjacent to an activating group) is 1. The van der Waals surface area contributed by atoms with Gasteiger partial charge in [0.2, 0.25) is 11.8 Å². The molecule has 0 saturated carbocycles. The lowest BCUT2D eigenvalue weighted by Gasteiger charge is -2.33. The molecule has 1 aromatic rings. The van der Waals surface area contributed by atoms with Crippen LogP contribution in [0.1, 0.15) is 24.8 Å². The molecule has 1 aromatic carbocycles. The van der Waals surface area contributed by atoms with Crippen molar-refractivity contribution in [1.82, 2.24) is 9.80 Å². The number of piperazine rings is 1. The van der Waals surface area contributed by atoms with Gasteiger partial charge in [0.1, 0.15) is 0 Å². The lowest BCUT2D eigenvalue weighted by molar-refractivity contribution is -0.133. The fourth-order valence-electron chi connectivity index (χ4n) is 3.36. The second-order valence-electron chi connectivity index (χ2n) is 6.27. The van der Waals surface area contributed by atoms with E-state index < -0.39 is 0 Å². The molecule has 1 unspecified atom stereocenters. The predicted molar refractivity (Wildman–Crippen MR) is 85.9 cm³/mol. The van der Waals surface area contributed by atoms with Crippen molar-refractivity contribution in [2.75, 3.05) is 44.7 Å². The molecule has 1 saturated heterocycles. The Morgan fingerprint density at radius 3 is 2.50 bits per heavy atom. The summed E-state index contributed by atoms with van der Waals surface area (Å²) in [4.78, 5) is 30.3. The van der Waals surface area contributed by atoms with Gasteiger partial charge in [-0.1, -0.05) is 18.2 Å². The van der Waals surface area contributed by atoms with E-state index in [-0.39, 0.29) is 17.7 Å². The quantitative estimate of drug-likeness (QED) is 0.827. The summed E-state index contributed by atoms with van der Waals surface area (Å²) in [6.45, 7) is 5.69. The molecule has 1 fully saturated rings. The minimum atomic E-state index is 0.0435. The molecule has 118 valence electrons. The Labute approximate surface area is 131 Å². The molecule has 5 heteroatoms. The highest BCUT2D eigenvalue weighted by Gasteiger charge is 2.33. The van der Waals surface area contributed by atoms with Crippen LogP contribution in [0, 0.1) is 0 Å². The number of hydrogen-bond donors (Lipinski definition) is 0. The number of carbonyl (C=O) groups is 2. The van der Waals surface area contributed by atoms with Crippen LogP contribution in [0.15, 0.2) is 24.3 Å². The second kappa shape index (κ2) is 6.08. The zero-order valence-corrected chi connectivity index (χ0v) is 13.3. The molecule has 0 bridgehead atoms. The molecular weight excluding hydrogens is 278 g/mol. The monoisotopic (exact) mass is 301 g/mol. The van der Waals surface area contributed by atoms with E-state index in [1.807, 2.05) is 29.2 Å². The van der Waals surface area contributed by atoms with Crippen LogP contribution >= 0.6 is 0 Å². The number of benzene rings is 1. The zero-order chi connectivity index (χ0) is 15.7. The summed E-state index contributed by atoms with van der Waals surface area (Å²) in [6.07, 6.45) is 0.491. The minimum Gasteiger partial charge on any atom is -0.340 e. The summed E-state index contributed by atoms with van der Waals surface area (Å²) < 4.78 is 0. The zero-order valence-electron chi connectivity index (χ0n) is 13.3. The van der Waals surface area contributed by atoms with Crippen LogP contribution in [0.4, 0.5) is 5.69 Å². The Hall–Kier alpha value is -1.88. The number of hydrogen-bond acceptors (Lipinski definition) is 3. The second-order valence-corrected chi connectivity index (χ2v) is 6.27. The van der Waals surface area contributed by atoms with Crippen molar-refractivity contribution in [3.63, 3.8) is 0 Å². The first-order chi connectivity index (χ1) is 10.6. The lowest BCUT2D eigenvalue weighted by atomic mass is 9.97. The van der Waals surface area contributed by atoms with Crippen LogP contribution in [-0.2, 0) is 9.59 Å². The van der Waals surface area contributed by atoms with Gasteiger partial charge in [-0.25, -0.2) is 0 Å². The van der Waals surface area contributed by atoms with E-state index in [1.54, 1.807) is 11.8 Å². The normalized spacial score (nSPS) is 21.8. The maximum absolute atomic E-state index is 12.6. The Morgan fingerprint density at radius 1 is 1.14 bits per heavy atom. The molecule has 0 radical (unpaired) electrons. The maximum Gasteiger partial charge on any atom is 0.223 e. The molecule has 2 amide bonds. The van der Waals surface area contributed by atoms with Gasteiger partial charge in [0.05, 0.1) is 0 Å². The van der Waals surface area contributed by atoms with E-state index >= 15 is 0 Å². The SMILES string of the molecule is CC(=O)N1CC(CC(=O)N2CCN(C)CC2)c2ccccc21. The molecule has 5 nitrogen and oxygen atoms in total. The summed E-state index contributed by atoms with van der Waals surface area (Å²) in [5.41, 5.74) is 2.09. The molecule has 2 aliphatic rings. The third-order valence-corrected chi connectivity index (χ3v) is 4.73. The summed E-state index contributed by atoms with van der Waals surface area (Å²) >= 11 is 0. The molecule has 22 heavy (non-hydrogen) atoms. The number of nitrogens with zero attached hydrogens (tertiary/aromatic N) is 3. The van der Waals surface area contributed by atoms with Gasteiger partial charge in [0.25, 0.3) is 0 Å². The Balaban J connectivity index is 1.71. The number of amides is 2. The van der Waals surface area contributed by atoms with Crippen LogP contribution in [0.2, 0.25) is 0 Å². The highest BCUT2D eigenvalue weighted by atomic mass is 16.2. The van der Waals surface area contributed by atoms with Crippen LogP contribution < -0.4 is 4.90 Å². The van der Waals surface area contributed by atoms with Gasteiger partial charge in [0, 0.05) is 57.7 Å². The molecule has 0 aromatic heterocycles. The number of anilines is 1. The first-order valence-corrected chi connectivity index (χ1v) is 7.89. The smallest absolute Gasteiger partial charge is 0.223 e. The highest BCUT2D eigenvalue weighted by molar-refractivity contribution is 5.94. The average Bonchev–Trinajstić information content (AvgIpc) is 2.87. The third kappa shape index (κ3) is 2.86. The van der Waals surface area contributed by atoms with Crippen LogP contribution in [0.25, 0.3) is 0 Å². The van der Waals surface area contributed by atoms with Gasteiger partial charge in [-0.15, -0.1) is 0 Å². The summed E-state index contributed by atoms with van der Waals surface area (Å²) in [5.74, 6) is 0.368. The number of para-hydroxylation sites is 1. The minimum absolute atomic E-state index is 0.0435. The maximum atomic E-state index is 12.6. The van der Waals surface area contributed by atoms with Crippen LogP contribution in [0.5, 0.6) is 0 Å². The van der Waals surface area contributed by atoms with E-state index in [9.17, 15) is 9.59 Å². The van der Waals surface area contributed by atoms with Crippen molar-refractivity contribution in [3.8, 4) is 0 Å². The molecule has 0 aliphatic carbocycles. The number of carbonyl (C=O) groups excluding carboxylic acids is 2. The van der Waals surface area contributed by atoms with E-state index in [4.69, 9.17) is 0 Å². The standard InChI is InChI=1S/C17H23N3O2/c1-13(21)20-12-14(15-5-3-4-6-16(15)20)11-17(22)19-9-7-18(2)8-10-19/h3-6,14H,7-12H2,1-2H3. The topological polar surface area (TPSA) is 43.9 Å². The fraction of sp³-hybridized carbons (Fsp3) is 0.529. The van der Waals surface area contributed by atoms with Gasteiger partial charge in [-0.3, -0.25) is 9.59 Å². The van der Waals surface area contributed by atoms with Gasteiger partial charge in [-0.05, 0) is 18.7 Å². The van der Waals surface area contributed by atoms with Gasteiger partial charge < -0.3 is 14.7 Å². The summed E-state index contributed by atoms with van der Waals surface area (Å²) in [7, 11) is 2.08. The number of rotatable bonds is 2. The first-order valence-electron chi connectivity index (χ1n) is 7.89. The average molecular weight is 301 g/mol. The molecule has 2 aliphatic heterocycles. The molecule has 2 heterocycles. The largest absolute Gasteiger partial charge is 0.340 e. The predicted octanol–water partition coefficient (Wildman–Crippen LogP) is 1.30. The molecular formula is C17H23N3O2. The van der Waals surface area contributed by atoms with Crippen molar-refractivity contribution >= 4 is 17.5 Å². The number of fused-ring (bicyclic) bond motifs is 1. The van der Waals surface area contributed by atoms with E-state index in [1.165, 1.54) is 0 Å². The van der Waals surface area contributed by atoms with E-state index in [0.29, 0.717) is 13.0 Å². The highest BCUT2D eigenvalue weighted by Crippen LogP contribution is 2.38. The van der Waals surface area contributed by atoms with Crippen molar-refractivity contribution in [2.45, 2.75) is 19.3 Å². The van der Waals surface area contributed by atoms with E-state index in [2.05, 4.69) is 11.9 Å². The third-order valence-electron chi connectivity index (χ3n) is 4.73. The Morgan fingerprint density at radius 2 is 1.82 bits per heavy atom. The van der Waals surface area contributed by atoms with Gasteiger partial charge in [0.15, 0.2) is 0 Å². The summed E-state index contributed by atoms with van der Waals surface area (Å²) in [5, 5.41) is 0.